The van der Waals surface area contributed by atoms with E-state index in [9.17, 15) is 0 Å². The number of alkyl halides is 1. The van der Waals surface area contributed by atoms with E-state index in [0.717, 1.165) is 5.33 Å². The minimum absolute atomic E-state index is 0.663. The molecule has 1 heterocycles. The lowest BCUT2D eigenvalue weighted by molar-refractivity contribution is 0.324. The molecule has 1 saturated carbocycles. The molecule has 14 heavy (non-hydrogen) atoms. The highest BCUT2D eigenvalue weighted by Gasteiger charge is 2.18. The van der Waals surface area contributed by atoms with Crippen molar-refractivity contribution in [3.8, 4) is 0 Å². The van der Waals surface area contributed by atoms with E-state index in [-0.39, 0.29) is 0 Å². The number of rotatable bonds is 2. The summed E-state index contributed by atoms with van der Waals surface area (Å²) >= 11 is 3.49. The predicted octanol–water partition coefficient (Wildman–Crippen LogP) is 3.59. The fraction of sp³-hybridized carbons (Fsp3) is 0.727. The zero-order chi connectivity index (χ0) is 9.97. The smallest absolute Gasteiger partial charge is 0.0533 e. The summed E-state index contributed by atoms with van der Waals surface area (Å²) in [5, 5.41) is 5.42. The van der Waals surface area contributed by atoms with E-state index in [1.54, 1.807) is 0 Å². The van der Waals surface area contributed by atoms with Crippen molar-refractivity contribution in [3.63, 3.8) is 0 Å². The molecule has 1 aliphatic carbocycles. The third-order valence-electron chi connectivity index (χ3n) is 3.21. The lowest BCUT2D eigenvalue weighted by Crippen LogP contribution is -2.15. The first-order valence-electron chi connectivity index (χ1n) is 5.42. The highest BCUT2D eigenvalue weighted by Crippen LogP contribution is 2.29. The Morgan fingerprint density at radius 1 is 1.43 bits per heavy atom. The maximum Gasteiger partial charge on any atom is 0.0533 e. The zero-order valence-corrected chi connectivity index (χ0v) is 10.3. The molecule has 1 fully saturated rings. The van der Waals surface area contributed by atoms with Crippen molar-refractivity contribution in [2.45, 2.75) is 50.4 Å². The molecule has 3 heteroatoms. The first-order valence-corrected chi connectivity index (χ1v) is 6.54. The van der Waals surface area contributed by atoms with Crippen LogP contribution in [0.4, 0.5) is 0 Å². The van der Waals surface area contributed by atoms with Crippen LogP contribution in [0.5, 0.6) is 0 Å². The Labute approximate surface area is 93.8 Å². The van der Waals surface area contributed by atoms with Crippen molar-refractivity contribution >= 4 is 15.9 Å². The molecule has 78 valence electrons. The van der Waals surface area contributed by atoms with E-state index in [1.165, 1.54) is 43.4 Å². The van der Waals surface area contributed by atoms with Crippen LogP contribution in [-0.4, -0.2) is 9.78 Å². The monoisotopic (exact) mass is 256 g/mol. The third kappa shape index (κ3) is 1.88. The molecule has 0 saturated heterocycles. The SMILES string of the molecule is Cc1c(CBr)cnn1C1CCCCC1. The molecule has 0 spiro atoms. The number of halogens is 1. The average molecular weight is 257 g/mol. The van der Waals surface area contributed by atoms with Gasteiger partial charge in [0, 0.05) is 16.6 Å². The van der Waals surface area contributed by atoms with Crippen LogP contribution in [0.1, 0.15) is 49.4 Å². The van der Waals surface area contributed by atoms with Crippen molar-refractivity contribution in [1.29, 1.82) is 0 Å². The van der Waals surface area contributed by atoms with Crippen LogP contribution >= 0.6 is 15.9 Å². The predicted molar refractivity (Wildman–Crippen MR) is 61.7 cm³/mol. The molecule has 0 atom stereocenters. The first kappa shape index (κ1) is 10.2. The number of hydrogen-bond acceptors (Lipinski definition) is 1. The second-order valence-corrected chi connectivity index (χ2v) is 4.69. The Bertz CT molecular complexity index is 300. The summed E-state index contributed by atoms with van der Waals surface area (Å²) in [6.07, 6.45) is 8.76. The maximum atomic E-state index is 4.50. The molecule has 0 aliphatic heterocycles. The molecular formula is C11H17BrN2. The number of aromatic nitrogens is 2. The van der Waals surface area contributed by atoms with Crippen LogP contribution in [0.25, 0.3) is 0 Å². The van der Waals surface area contributed by atoms with E-state index in [1.807, 2.05) is 6.20 Å². The number of hydrogen-bond donors (Lipinski definition) is 0. The van der Waals surface area contributed by atoms with E-state index in [4.69, 9.17) is 0 Å². The van der Waals surface area contributed by atoms with Gasteiger partial charge in [-0.25, -0.2) is 0 Å². The van der Waals surface area contributed by atoms with Crippen LogP contribution < -0.4 is 0 Å². The number of nitrogens with zero attached hydrogens (tertiary/aromatic N) is 2. The van der Waals surface area contributed by atoms with Gasteiger partial charge in [0.25, 0.3) is 0 Å². The van der Waals surface area contributed by atoms with Gasteiger partial charge in [-0.15, -0.1) is 0 Å². The van der Waals surface area contributed by atoms with Gasteiger partial charge in [0.15, 0.2) is 0 Å². The molecule has 2 nitrogen and oxygen atoms in total. The fourth-order valence-corrected chi connectivity index (χ4v) is 2.83. The molecule has 1 aliphatic rings. The lowest BCUT2D eigenvalue weighted by atomic mass is 9.95. The van der Waals surface area contributed by atoms with Gasteiger partial charge in [-0.3, -0.25) is 4.68 Å². The van der Waals surface area contributed by atoms with Gasteiger partial charge >= 0.3 is 0 Å². The second kappa shape index (κ2) is 4.47. The molecule has 1 aromatic heterocycles. The molecular weight excluding hydrogens is 240 g/mol. The molecule has 0 unspecified atom stereocenters. The van der Waals surface area contributed by atoms with Crippen LogP contribution in [0.3, 0.4) is 0 Å². The van der Waals surface area contributed by atoms with Crippen LogP contribution in [-0.2, 0) is 5.33 Å². The van der Waals surface area contributed by atoms with Crippen LogP contribution in [0.15, 0.2) is 6.20 Å². The van der Waals surface area contributed by atoms with Gasteiger partial charge < -0.3 is 0 Å². The van der Waals surface area contributed by atoms with Crippen molar-refractivity contribution in [1.82, 2.24) is 9.78 Å². The van der Waals surface area contributed by atoms with E-state index < -0.39 is 0 Å². The Morgan fingerprint density at radius 2 is 2.14 bits per heavy atom. The van der Waals surface area contributed by atoms with Crippen LogP contribution in [0, 0.1) is 6.92 Å². The fourth-order valence-electron chi connectivity index (χ4n) is 2.28. The first-order chi connectivity index (χ1) is 6.83. The zero-order valence-electron chi connectivity index (χ0n) is 8.67. The summed E-state index contributed by atoms with van der Waals surface area (Å²) in [7, 11) is 0. The average Bonchev–Trinajstić information content (AvgIpc) is 2.61. The Hall–Kier alpha value is -0.310. The van der Waals surface area contributed by atoms with E-state index in [2.05, 4.69) is 32.6 Å². The lowest BCUT2D eigenvalue weighted by Gasteiger charge is -2.23. The van der Waals surface area contributed by atoms with Gasteiger partial charge in [-0.1, -0.05) is 35.2 Å². The summed E-state index contributed by atoms with van der Waals surface area (Å²) in [5.74, 6) is 0. The van der Waals surface area contributed by atoms with E-state index in [0.29, 0.717) is 6.04 Å². The van der Waals surface area contributed by atoms with Crippen LogP contribution in [0.2, 0.25) is 0 Å². The summed E-state index contributed by atoms with van der Waals surface area (Å²) in [6.45, 7) is 2.18. The molecule has 0 N–H and O–H groups in total. The summed E-state index contributed by atoms with van der Waals surface area (Å²) in [6, 6.07) is 0.663. The third-order valence-corrected chi connectivity index (χ3v) is 3.81. The highest BCUT2D eigenvalue weighted by molar-refractivity contribution is 9.08. The minimum Gasteiger partial charge on any atom is -0.267 e. The largest absolute Gasteiger partial charge is 0.267 e. The molecule has 0 radical (unpaired) electrons. The molecule has 0 aromatic carbocycles. The normalized spacial score (nSPS) is 18.7. The van der Waals surface area contributed by atoms with Gasteiger partial charge in [0.1, 0.15) is 0 Å². The molecule has 0 amide bonds. The topological polar surface area (TPSA) is 17.8 Å². The van der Waals surface area contributed by atoms with Crippen molar-refractivity contribution in [3.05, 3.63) is 17.5 Å². The summed E-state index contributed by atoms with van der Waals surface area (Å²) in [5.41, 5.74) is 2.67. The molecule has 1 aromatic rings. The Kier molecular flexibility index (Phi) is 3.26. The van der Waals surface area contributed by atoms with Gasteiger partial charge in [0.05, 0.1) is 12.2 Å². The summed E-state index contributed by atoms with van der Waals surface area (Å²) in [4.78, 5) is 0. The van der Waals surface area contributed by atoms with Crippen molar-refractivity contribution in [2.75, 3.05) is 0 Å². The summed E-state index contributed by atoms with van der Waals surface area (Å²) < 4.78 is 2.23. The van der Waals surface area contributed by atoms with E-state index >= 15 is 0 Å². The van der Waals surface area contributed by atoms with Gasteiger partial charge in [-0.05, 0) is 19.8 Å². The highest BCUT2D eigenvalue weighted by atomic mass is 79.9. The quantitative estimate of drug-likeness (QED) is 0.740. The Morgan fingerprint density at radius 3 is 2.71 bits per heavy atom. The maximum absolute atomic E-state index is 4.50. The molecule has 0 bridgehead atoms. The Balaban J connectivity index is 2.18. The minimum atomic E-state index is 0.663. The standard InChI is InChI=1S/C11H17BrN2/c1-9-10(7-12)8-13-14(9)11-5-3-2-4-6-11/h8,11H,2-7H2,1H3. The van der Waals surface area contributed by atoms with Gasteiger partial charge in [0.2, 0.25) is 0 Å². The van der Waals surface area contributed by atoms with Gasteiger partial charge in [-0.2, -0.15) is 5.10 Å². The van der Waals surface area contributed by atoms with Crippen molar-refractivity contribution in [2.24, 2.45) is 0 Å². The molecule has 2 rings (SSSR count). The van der Waals surface area contributed by atoms with Crippen molar-refractivity contribution < 1.29 is 0 Å². The second-order valence-electron chi connectivity index (χ2n) is 4.13.